The molecule has 0 aromatic heterocycles. The van der Waals surface area contributed by atoms with Gasteiger partial charge in [0.25, 0.3) is 0 Å². The minimum absolute atomic E-state index is 0.152. The molecule has 0 saturated carbocycles. The highest BCUT2D eigenvalue weighted by molar-refractivity contribution is 6.09. The van der Waals surface area contributed by atoms with E-state index in [1.807, 2.05) is 31.2 Å². The fraction of sp³-hybridized carbons (Fsp3) is 0.357. The van der Waals surface area contributed by atoms with Crippen molar-refractivity contribution in [3.63, 3.8) is 0 Å². The van der Waals surface area contributed by atoms with Crippen molar-refractivity contribution < 1.29 is 9.53 Å². The SMILES string of the molecule is CCOc1cccc(C(=O)C2=CCCC2)c1. The quantitative estimate of drug-likeness (QED) is 0.721. The van der Waals surface area contributed by atoms with Crippen LogP contribution in [0.5, 0.6) is 5.75 Å². The van der Waals surface area contributed by atoms with Crippen LogP contribution in [0.25, 0.3) is 0 Å². The van der Waals surface area contributed by atoms with Crippen LogP contribution in [0.4, 0.5) is 0 Å². The molecule has 1 aliphatic rings. The topological polar surface area (TPSA) is 26.3 Å². The first-order chi connectivity index (χ1) is 7.81. The number of rotatable bonds is 4. The summed E-state index contributed by atoms with van der Waals surface area (Å²) in [6, 6.07) is 7.42. The van der Waals surface area contributed by atoms with Crippen LogP contribution in [0.1, 0.15) is 36.5 Å². The zero-order chi connectivity index (χ0) is 11.4. The number of carbonyl (C=O) groups excluding carboxylic acids is 1. The third-order valence-electron chi connectivity index (χ3n) is 2.74. The van der Waals surface area contributed by atoms with Crippen LogP contribution < -0.4 is 4.74 Å². The Kier molecular flexibility index (Phi) is 3.40. The summed E-state index contributed by atoms with van der Waals surface area (Å²) in [5.74, 6) is 0.922. The number of ether oxygens (including phenoxy) is 1. The lowest BCUT2D eigenvalue weighted by molar-refractivity contribution is 0.103. The van der Waals surface area contributed by atoms with Gasteiger partial charge in [-0.1, -0.05) is 18.2 Å². The van der Waals surface area contributed by atoms with Crippen LogP contribution >= 0.6 is 0 Å². The fourth-order valence-corrected chi connectivity index (χ4v) is 1.96. The van der Waals surface area contributed by atoms with Crippen molar-refractivity contribution in [2.45, 2.75) is 26.2 Å². The molecule has 0 fully saturated rings. The first kappa shape index (κ1) is 10.9. The van der Waals surface area contributed by atoms with E-state index < -0.39 is 0 Å². The van der Waals surface area contributed by atoms with E-state index in [9.17, 15) is 4.79 Å². The molecule has 0 atom stereocenters. The molecule has 1 aromatic rings. The Morgan fingerprint density at radius 1 is 1.44 bits per heavy atom. The number of allylic oxidation sites excluding steroid dienone is 2. The predicted molar refractivity (Wildman–Crippen MR) is 63.9 cm³/mol. The fourth-order valence-electron chi connectivity index (χ4n) is 1.96. The van der Waals surface area contributed by atoms with Crippen LogP contribution in [0.2, 0.25) is 0 Å². The Morgan fingerprint density at radius 3 is 3.00 bits per heavy atom. The van der Waals surface area contributed by atoms with Crippen LogP contribution in [-0.2, 0) is 0 Å². The third-order valence-corrected chi connectivity index (χ3v) is 2.74. The summed E-state index contributed by atoms with van der Waals surface area (Å²) in [6.45, 7) is 2.56. The Morgan fingerprint density at radius 2 is 2.31 bits per heavy atom. The monoisotopic (exact) mass is 216 g/mol. The van der Waals surface area contributed by atoms with Crippen LogP contribution in [0.3, 0.4) is 0 Å². The summed E-state index contributed by atoms with van der Waals surface area (Å²) in [7, 11) is 0. The third kappa shape index (κ3) is 2.32. The smallest absolute Gasteiger partial charge is 0.188 e. The molecule has 0 saturated heterocycles. The molecular weight excluding hydrogens is 200 g/mol. The minimum atomic E-state index is 0.152. The van der Waals surface area contributed by atoms with E-state index in [4.69, 9.17) is 4.74 Å². The number of Topliss-reactive ketones (excluding diaryl/α,β-unsaturated/α-hetero) is 1. The lowest BCUT2D eigenvalue weighted by Crippen LogP contribution is -2.02. The Balaban J connectivity index is 2.19. The second-order valence-electron chi connectivity index (χ2n) is 3.91. The van der Waals surface area contributed by atoms with Crippen LogP contribution in [0, 0.1) is 0 Å². The molecule has 84 valence electrons. The molecule has 2 rings (SSSR count). The van der Waals surface area contributed by atoms with Crippen molar-refractivity contribution in [3.05, 3.63) is 41.5 Å². The predicted octanol–water partition coefficient (Wildman–Crippen LogP) is 3.38. The van der Waals surface area contributed by atoms with Gasteiger partial charge in [-0.05, 0) is 43.9 Å². The average molecular weight is 216 g/mol. The highest BCUT2D eigenvalue weighted by atomic mass is 16.5. The molecule has 0 spiro atoms. The van der Waals surface area contributed by atoms with E-state index in [1.54, 1.807) is 0 Å². The van der Waals surface area contributed by atoms with E-state index >= 15 is 0 Å². The summed E-state index contributed by atoms with van der Waals surface area (Å²) < 4.78 is 5.39. The normalized spacial score (nSPS) is 14.7. The Hall–Kier alpha value is -1.57. The van der Waals surface area contributed by atoms with Gasteiger partial charge in [-0.3, -0.25) is 4.79 Å². The first-order valence-electron chi connectivity index (χ1n) is 5.78. The number of ketones is 1. The van der Waals surface area contributed by atoms with Crippen molar-refractivity contribution in [3.8, 4) is 5.75 Å². The molecule has 1 aromatic carbocycles. The average Bonchev–Trinajstić information content (AvgIpc) is 2.82. The molecule has 0 N–H and O–H groups in total. The molecular formula is C14H16O2. The van der Waals surface area contributed by atoms with Crippen LogP contribution in [0.15, 0.2) is 35.9 Å². The van der Waals surface area contributed by atoms with Crippen molar-refractivity contribution in [1.82, 2.24) is 0 Å². The van der Waals surface area contributed by atoms with Gasteiger partial charge in [0.1, 0.15) is 5.75 Å². The van der Waals surface area contributed by atoms with Gasteiger partial charge in [-0.15, -0.1) is 0 Å². The van der Waals surface area contributed by atoms with E-state index in [2.05, 4.69) is 6.08 Å². The van der Waals surface area contributed by atoms with Crippen molar-refractivity contribution in [1.29, 1.82) is 0 Å². The number of hydrogen-bond acceptors (Lipinski definition) is 2. The number of benzene rings is 1. The van der Waals surface area contributed by atoms with E-state index in [0.717, 1.165) is 36.1 Å². The van der Waals surface area contributed by atoms with Crippen molar-refractivity contribution in [2.24, 2.45) is 0 Å². The summed E-state index contributed by atoms with van der Waals surface area (Å²) >= 11 is 0. The van der Waals surface area contributed by atoms with Gasteiger partial charge in [-0.2, -0.15) is 0 Å². The van der Waals surface area contributed by atoms with Gasteiger partial charge < -0.3 is 4.74 Å². The Bertz CT molecular complexity index is 418. The lowest BCUT2D eigenvalue weighted by Gasteiger charge is -2.05. The summed E-state index contributed by atoms with van der Waals surface area (Å²) in [5, 5.41) is 0. The zero-order valence-corrected chi connectivity index (χ0v) is 9.53. The summed E-state index contributed by atoms with van der Waals surface area (Å²) in [6.07, 6.45) is 5.10. The summed E-state index contributed by atoms with van der Waals surface area (Å²) in [5.41, 5.74) is 1.69. The number of carbonyl (C=O) groups is 1. The molecule has 16 heavy (non-hydrogen) atoms. The molecule has 2 heteroatoms. The number of hydrogen-bond donors (Lipinski definition) is 0. The highest BCUT2D eigenvalue weighted by Gasteiger charge is 2.15. The molecule has 0 radical (unpaired) electrons. The standard InChI is InChI=1S/C14H16O2/c1-2-16-13-9-5-8-12(10-13)14(15)11-6-3-4-7-11/h5-6,8-10H,2-4,7H2,1H3. The van der Waals surface area contributed by atoms with Gasteiger partial charge in [0, 0.05) is 5.56 Å². The molecule has 1 aliphatic carbocycles. The largest absolute Gasteiger partial charge is 0.494 e. The van der Waals surface area contributed by atoms with E-state index in [-0.39, 0.29) is 5.78 Å². The minimum Gasteiger partial charge on any atom is -0.494 e. The second-order valence-corrected chi connectivity index (χ2v) is 3.91. The van der Waals surface area contributed by atoms with Gasteiger partial charge in [0.05, 0.1) is 6.61 Å². The molecule has 2 nitrogen and oxygen atoms in total. The molecule has 0 aliphatic heterocycles. The zero-order valence-electron chi connectivity index (χ0n) is 9.53. The van der Waals surface area contributed by atoms with Crippen molar-refractivity contribution >= 4 is 5.78 Å². The van der Waals surface area contributed by atoms with Gasteiger partial charge in [0.2, 0.25) is 0 Å². The van der Waals surface area contributed by atoms with E-state index in [0.29, 0.717) is 6.61 Å². The lowest BCUT2D eigenvalue weighted by atomic mass is 10.0. The summed E-state index contributed by atoms with van der Waals surface area (Å²) in [4.78, 5) is 12.1. The van der Waals surface area contributed by atoms with Crippen molar-refractivity contribution in [2.75, 3.05) is 6.61 Å². The maximum atomic E-state index is 12.1. The maximum absolute atomic E-state index is 12.1. The van der Waals surface area contributed by atoms with Gasteiger partial charge in [0.15, 0.2) is 5.78 Å². The highest BCUT2D eigenvalue weighted by Crippen LogP contribution is 2.23. The molecule has 0 heterocycles. The molecule has 0 bridgehead atoms. The Labute approximate surface area is 95.9 Å². The first-order valence-corrected chi connectivity index (χ1v) is 5.78. The molecule has 0 amide bonds. The van der Waals surface area contributed by atoms with Gasteiger partial charge >= 0.3 is 0 Å². The van der Waals surface area contributed by atoms with Crippen LogP contribution in [-0.4, -0.2) is 12.4 Å². The second kappa shape index (κ2) is 4.97. The maximum Gasteiger partial charge on any atom is 0.188 e. The van der Waals surface area contributed by atoms with Gasteiger partial charge in [-0.25, -0.2) is 0 Å². The van der Waals surface area contributed by atoms with E-state index in [1.165, 1.54) is 0 Å². The molecule has 0 unspecified atom stereocenters.